The van der Waals surface area contributed by atoms with Gasteiger partial charge in [0.15, 0.2) is 0 Å². The first-order valence-corrected chi connectivity index (χ1v) is 13.9. The zero-order chi connectivity index (χ0) is 22.7. The van der Waals surface area contributed by atoms with Crippen molar-refractivity contribution in [2.75, 3.05) is 6.54 Å². The Balaban J connectivity index is 1.26. The fourth-order valence-corrected chi connectivity index (χ4v) is 9.62. The number of hydrogen-bond donors (Lipinski definition) is 1. The van der Waals surface area contributed by atoms with Gasteiger partial charge in [-0.05, 0) is 118 Å². The lowest BCUT2D eigenvalue weighted by atomic mass is 9.47. The third kappa shape index (κ3) is 3.60. The van der Waals surface area contributed by atoms with Crippen molar-refractivity contribution >= 4 is 5.91 Å². The molecular formula is C29H47NO2. The Morgan fingerprint density at radius 1 is 1.16 bits per heavy atom. The van der Waals surface area contributed by atoms with Crippen molar-refractivity contribution in [1.82, 2.24) is 4.90 Å². The van der Waals surface area contributed by atoms with E-state index in [1.54, 1.807) is 5.57 Å². The smallest absolute Gasteiger partial charge is 0.222 e. The van der Waals surface area contributed by atoms with Crippen molar-refractivity contribution in [1.29, 1.82) is 0 Å². The molecule has 1 aliphatic heterocycles. The van der Waals surface area contributed by atoms with Crippen LogP contribution in [-0.4, -0.2) is 34.6 Å². The van der Waals surface area contributed by atoms with E-state index < -0.39 is 0 Å². The molecule has 1 unspecified atom stereocenters. The quantitative estimate of drug-likeness (QED) is 0.516. The molecule has 9 atom stereocenters. The molecule has 180 valence electrons. The number of aliphatic hydroxyl groups excluding tert-OH is 1. The van der Waals surface area contributed by atoms with E-state index in [1.165, 1.54) is 51.4 Å². The number of aliphatic hydroxyl groups is 1. The van der Waals surface area contributed by atoms with E-state index in [0.717, 1.165) is 55.9 Å². The van der Waals surface area contributed by atoms with Gasteiger partial charge in [-0.3, -0.25) is 4.79 Å². The molecule has 5 rings (SSSR count). The summed E-state index contributed by atoms with van der Waals surface area (Å²) in [6, 6.07) is 0.452. The molecule has 1 amide bonds. The molecule has 1 N–H and O–H groups in total. The molecule has 0 spiro atoms. The van der Waals surface area contributed by atoms with Crippen LogP contribution < -0.4 is 0 Å². The maximum absolute atomic E-state index is 12.8. The van der Waals surface area contributed by atoms with E-state index in [4.69, 9.17) is 0 Å². The first kappa shape index (κ1) is 22.9. The van der Waals surface area contributed by atoms with Crippen molar-refractivity contribution in [3.63, 3.8) is 0 Å². The van der Waals surface area contributed by atoms with E-state index >= 15 is 0 Å². The number of nitrogens with zero attached hydrogens (tertiary/aromatic N) is 1. The Morgan fingerprint density at radius 3 is 2.72 bits per heavy atom. The van der Waals surface area contributed by atoms with Gasteiger partial charge in [0.2, 0.25) is 5.91 Å². The number of rotatable bonds is 4. The zero-order valence-electron chi connectivity index (χ0n) is 21.1. The van der Waals surface area contributed by atoms with Crippen LogP contribution >= 0.6 is 0 Å². The molecule has 4 fully saturated rings. The number of fused-ring (bicyclic) bond motifs is 5. The molecule has 3 nitrogen and oxygen atoms in total. The topological polar surface area (TPSA) is 40.5 Å². The Labute approximate surface area is 196 Å². The predicted octanol–water partition coefficient (Wildman–Crippen LogP) is 6.35. The molecule has 32 heavy (non-hydrogen) atoms. The molecule has 0 aromatic rings. The minimum Gasteiger partial charge on any atom is -0.393 e. The van der Waals surface area contributed by atoms with Crippen LogP contribution in [0.1, 0.15) is 105 Å². The monoisotopic (exact) mass is 441 g/mol. The third-order valence-electron chi connectivity index (χ3n) is 11.5. The van der Waals surface area contributed by atoms with Crippen molar-refractivity contribution in [3.8, 4) is 0 Å². The minimum atomic E-state index is -0.109. The van der Waals surface area contributed by atoms with Crippen molar-refractivity contribution in [2.24, 2.45) is 40.4 Å². The average Bonchev–Trinajstić information content (AvgIpc) is 3.35. The normalized spacial score (nSPS) is 46.8. The highest BCUT2D eigenvalue weighted by atomic mass is 16.3. The van der Waals surface area contributed by atoms with Crippen LogP contribution in [0.15, 0.2) is 11.6 Å². The number of likely N-dealkylation sites (tertiary alicyclic amines) is 1. The van der Waals surface area contributed by atoms with Gasteiger partial charge in [-0.25, -0.2) is 0 Å². The molecule has 5 aliphatic rings. The molecule has 3 saturated carbocycles. The maximum atomic E-state index is 12.8. The Kier molecular flexibility index (Phi) is 6.05. The zero-order valence-corrected chi connectivity index (χ0v) is 21.1. The summed E-state index contributed by atoms with van der Waals surface area (Å²) in [6.45, 7) is 10.8. The highest BCUT2D eigenvalue weighted by Crippen LogP contribution is 2.67. The predicted molar refractivity (Wildman–Crippen MR) is 130 cm³/mol. The summed E-state index contributed by atoms with van der Waals surface area (Å²) < 4.78 is 0. The highest BCUT2D eigenvalue weighted by molar-refractivity contribution is 5.76. The fraction of sp³-hybridized carbons (Fsp3) is 0.897. The summed E-state index contributed by atoms with van der Waals surface area (Å²) >= 11 is 0. The molecular weight excluding hydrogens is 394 g/mol. The number of allylic oxidation sites excluding steroid dienone is 1. The second-order valence-electron chi connectivity index (χ2n) is 13.0. The highest BCUT2D eigenvalue weighted by Gasteiger charge is 2.59. The van der Waals surface area contributed by atoms with Gasteiger partial charge in [0.1, 0.15) is 0 Å². The largest absolute Gasteiger partial charge is 0.393 e. The number of carbonyl (C=O) groups is 1. The van der Waals surface area contributed by atoms with Gasteiger partial charge < -0.3 is 10.0 Å². The lowest BCUT2D eigenvalue weighted by molar-refractivity contribution is -0.132. The third-order valence-corrected chi connectivity index (χ3v) is 11.5. The SMILES string of the molecule is CC(CCC(=O)N1CCC[C@H]1C)[C@H]1CC[C@H]2[C@@H]3CC=C4C[C@@H](O)CC[C@]4(C)[C@H]3CC[C@]12C. The number of amides is 1. The minimum absolute atomic E-state index is 0.109. The van der Waals surface area contributed by atoms with E-state index in [0.29, 0.717) is 28.7 Å². The summed E-state index contributed by atoms with van der Waals surface area (Å²) in [7, 11) is 0. The van der Waals surface area contributed by atoms with Crippen LogP contribution in [0.25, 0.3) is 0 Å². The van der Waals surface area contributed by atoms with Gasteiger partial charge in [0.05, 0.1) is 6.10 Å². The summed E-state index contributed by atoms with van der Waals surface area (Å²) in [4.78, 5) is 15.0. The molecule has 0 aromatic carbocycles. The molecule has 0 radical (unpaired) electrons. The van der Waals surface area contributed by atoms with Crippen molar-refractivity contribution in [2.45, 2.75) is 117 Å². The Morgan fingerprint density at radius 2 is 1.97 bits per heavy atom. The maximum Gasteiger partial charge on any atom is 0.222 e. The van der Waals surface area contributed by atoms with Gasteiger partial charge in [0.25, 0.3) is 0 Å². The lowest BCUT2D eigenvalue weighted by Gasteiger charge is -2.58. The first-order chi connectivity index (χ1) is 15.2. The lowest BCUT2D eigenvalue weighted by Crippen LogP contribution is -2.50. The van der Waals surface area contributed by atoms with E-state index in [2.05, 4.69) is 38.7 Å². The molecule has 4 aliphatic carbocycles. The molecule has 3 heteroatoms. The number of hydrogen-bond acceptors (Lipinski definition) is 2. The molecule has 1 heterocycles. The van der Waals surface area contributed by atoms with Gasteiger partial charge in [-0.2, -0.15) is 0 Å². The van der Waals surface area contributed by atoms with Crippen LogP contribution in [-0.2, 0) is 4.79 Å². The van der Waals surface area contributed by atoms with Crippen LogP contribution in [0.2, 0.25) is 0 Å². The average molecular weight is 442 g/mol. The van der Waals surface area contributed by atoms with Gasteiger partial charge in [0, 0.05) is 19.0 Å². The van der Waals surface area contributed by atoms with E-state index in [-0.39, 0.29) is 6.10 Å². The number of carbonyl (C=O) groups excluding carboxylic acids is 1. The van der Waals surface area contributed by atoms with Gasteiger partial charge >= 0.3 is 0 Å². The second kappa shape index (κ2) is 8.43. The fourth-order valence-electron chi connectivity index (χ4n) is 9.62. The van der Waals surface area contributed by atoms with Crippen LogP contribution in [0.5, 0.6) is 0 Å². The summed E-state index contributed by atoms with van der Waals surface area (Å²) in [5.41, 5.74) is 2.38. The van der Waals surface area contributed by atoms with E-state index in [9.17, 15) is 9.90 Å². The molecule has 0 aromatic heterocycles. The molecule has 1 saturated heterocycles. The first-order valence-electron chi connectivity index (χ1n) is 13.9. The van der Waals surface area contributed by atoms with Crippen molar-refractivity contribution < 1.29 is 9.90 Å². The van der Waals surface area contributed by atoms with Crippen LogP contribution in [0.3, 0.4) is 0 Å². The standard InChI is InChI=1S/C29H47NO2/c1-19(7-12-27(32)30-17-5-6-20(30)2)24-10-11-25-23-9-8-21-18-22(31)13-15-28(21,3)26(23)14-16-29(24,25)4/h8,19-20,22-26,31H,5-7,9-18H2,1-4H3/t19?,20-,22+,23+,24-,25+,26+,28+,29-/m1/s1. The van der Waals surface area contributed by atoms with Gasteiger partial charge in [-0.1, -0.05) is 32.4 Å². The molecule has 0 bridgehead atoms. The van der Waals surface area contributed by atoms with Crippen LogP contribution in [0, 0.1) is 40.4 Å². The summed E-state index contributed by atoms with van der Waals surface area (Å²) in [6.07, 6.45) is 16.5. The summed E-state index contributed by atoms with van der Waals surface area (Å²) in [5, 5.41) is 10.3. The summed E-state index contributed by atoms with van der Waals surface area (Å²) in [5.74, 6) is 4.34. The van der Waals surface area contributed by atoms with Crippen molar-refractivity contribution in [3.05, 3.63) is 11.6 Å². The van der Waals surface area contributed by atoms with E-state index in [1.807, 2.05) is 0 Å². The van der Waals surface area contributed by atoms with Gasteiger partial charge in [-0.15, -0.1) is 0 Å². The second-order valence-corrected chi connectivity index (χ2v) is 13.0. The van der Waals surface area contributed by atoms with Crippen LogP contribution in [0.4, 0.5) is 0 Å². The Bertz CT molecular complexity index is 760. The Hall–Kier alpha value is -0.830.